The Morgan fingerprint density at radius 3 is 2.80 bits per heavy atom. The number of aliphatic carboxylic acids is 1. The van der Waals surface area contributed by atoms with Gasteiger partial charge in [0.25, 0.3) is 5.69 Å². The summed E-state index contributed by atoms with van der Waals surface area (Å²) in [6.07, 6.45) is 2.26. The molecule has 0 saturated carbocycles. The SMILES string of the molecule is COc1cc(N2CCCCC2C(=O)O)cc([N+](=O)[O-])c1. The maximum Gasteiger partial charge on any atom is 0.326 e. The van der Waals surface area contributed by atoms with Crippen LogP contribution >= 0.6 is 0 Å². The second kappa shape index (κ2) is 5.77. The summed E-state index contributed by atoms with van der Waals surface area (Å²) in [5, 5.41) is 20.2. The molecule has 1 heterocycles. The van der Waals surface area contributed by atoms with Gasteiger partial charge in [-0.15, -0.1) is 0 Å². The summed E-state index contributed by atoms with van der Waals surface area (Å²) in [5.41, 5.74) is 0.414. The van der Waals surface area contributed by atoms with Gasteiger partial charge in [-0.2, -0.15) is 0 Å². The fourth-order valence-electron chi connectivity index (χ4n) is 2.45. The molecule has 0 bridgehead atoms. The average Bonchev–Trinajstić information content (AvgIpc) is 2.46. The number of piperidine rings is 1. The second-order valence-electron chi connectivity index (χ2n) is 4.69. The second-order valence-corrected chi connectivity index (χ2v) is 4.69. The van der Waals surface area contributed by atoms with Crippen molar-refractivity contribution in [3.63, 3.8) is 0 Å². The highest BCUT2D eigenvalue weighted by molar-refractivity contribution is 5.79. The lowest BCUT2D eigenvalue weighted by Gasteiger charge is -2.34. The number of hydrogen-bond donors (Lipinski definition) is 1. The number of hydrogen-bond acceptors (Lipinski definition) is 5. The first-order valence-corrected chi connectivity index (χ1v) is 6.36. The fraction of sp³-hybridized carbons (Fsp3) is 0.462. The Morgan fingerprint density at radius 1 is 1.45 bits per heavy atom. The van der Waals surface area contributed by atoms with Crippen LogP contribution in [0.5, 0.6) is 5.75 Å². The molecule has 1 aliphatic rings. The highest BCUT2D eigenvalue weighted by Crippen LogP contribution is 2.32. The van der Waals surface area contributed by atoms with Gasteiger partial charge in [0, 0.05) is 24.4 Å². The van der Waals surface area contributed by atoms with Crippen molar-refractivity contribution in [1.29, 1.82) is 0 Å². The van der Waals surface area contributed by atoms with E-state index in [9.17, 15) is 20.0 Å². The summed E-state index contributed by atoms with van der Waals surface area (Å²) in [5.74, 6) is -0.556. The summed E-state index contributed by atoms with van der Waals surface area (Å²) in [4.78, 5) is 23.4. The molecular formula is C13H16N2O5. The van der Waals surface area contributed by atoms with Crippen molar-refractivity contribution < 1.29 is 19.6 Å². The quantitative estimate of drug-likeness (QED) is 0.670. The molecule has 1 unspecified atom stereocenters. The first kappa shape index (κ1) is 14.1. The smallest absolute Gasteiger partial charge is 0.326 e. The molecule has 2 rings (SSSR count). The van der Waals surface area contributed by atoms with Crippen LogP contribution < -0.4 is 9.64 Å². The van der Waals surface area contributed by atoms with Gasteiger partial charge in [-0.1, -0.05) is 0 Å². The molecule has 0 aliphatic carbocycles. The van der Waals surface area contributed by atoms with Gasteiger partial charge >= 0.3 is 5.97 Å². The zero-order chi connectivity index (χ0) is 14.7. The van der Waals surface area contributed by atoms with Gasteiger partial charge in [0.05, 0.1) is 18.1 Å². The molecule has 0 amide bonds. The molecule has 0 radical (unpaired) electrons. The third-order valence-corrected chi connectivity index (χ3v) is 3.44. The molecule has 20 heavy (non-hydrogen) atoms. The Bertz CT molecular complexity index is 531. The van der Waals surface area contributed by atoms with E-state index in [2.05, 4.69) is 0 Å². The normalized spacial score (nSPS) is 18.6. The number of methoxy groups -OCH3 is 1. The number of carboxylic acids is 1. The van der Waals surface area contributed by atoms with Crippen LogP contribution in [0.4, 0.5) is 11.4 Å². The monoisotopic (exact) mass is 280 g/mol. The minimum Gasteiger partial charge on any atom is -0.496 e. The molecule has 1 saturated heterocycles. The lowest BCUT2D eigenvalue weighted by molar-refractivity contribution is -0.384. The first-order valence-electron chi connectivity index (χ1n) is 6.36. The van der Waals surface area contributed by atoms with E-state index in [4.69, 9.17) is 4.74 Å². The lowest BCUT2D eigenvalue weighted by atomic mass is 10.0. The van der Waals surface area contributed by atoms with Crippen LogP contribution in [0, 0.1) is 10.1 Å². The zero-order valence-corrected chi connectivity index (χ0v) is 11.1. The Morgan fingerprint density at radius 2 is 2.20 bits per heavy atom. The van der Waals surface area contributed by atoms with E-state index >= 15 is 0 Å². The minimum absolute atomic E-state index is 0.103. The number of nitro groups is 1. The molecule has 0 aromatic heterocycles. The van der Waals surface area contributed by atoms with Crippen molar-refractivity contribution in [1.82, 2.24) is 0 Å². The third-order valence-electron chi connectivity index (χ3n) is 3.44. The molecule has 1 aromatic carbocycles. The molecule has 7 nitrogen and oxygen atoms in total. The van der Waals surface area contributed by atoms with E-state index in [0.717, 1.165) is 12.8 Å². The molecule has 108 valence electrons. The van der Waals surface area contributed by atoms with Crippen LogP contribution in [0.15, 0.2) is 18.2 Å². The molecule has 1 fully saturated rings. The van der Waals surface area contributed by atoms with Crippen LogP contribution in [-0.4, -0.2) is 35.7 Å². The largest absolute Gasteiger partial charge is 0.496 e. The highest BCUT2D eigenvalue weighted by Gasteiger charge is 2.29. The number of nitrogens with zero attached hydrogens (tertiary/aromatic N) is 2. The zero-order valence-electron chi connectivity index (χ0n) is 11.1. The molecule has 7 heteroatoms. The van der Waals surface area contributed by atoms with Crippen LogP contribution in [0.1, 0.15) is 19.3 Å². The van der Waals surface area contributed by atoms with E-state index in [1.54, 1.807) is 11.0 Å². The van der Waals surface area contributed by atoms with Gasteiger partial charge in [0.15, 0.2) is 0 Å². The number of non-ortho nitro benzene ring substituents is 1. The van der Waals surface area contributed by atoms with Crippen LogP contribution in [-0.2, 0) is 4.79 Å². The van der Waals surface area contributed by atoms with Crippen molar-refractivity contribution >= 4 is 17.3 Å². The van der Waals surface area contributed by atoms with E-state index < -0.39 is 16.9 Å². The average molecular weight is 280 g/mol. The van der Waals surface area contributed by atoms with Crippen molar-refractivity contribution in [2.45, 2.75) is 25.3 Å². The van der Waals surface area contributed by atoms with Gasteiger partial charge in [-0.25, -0.2) is 4.79 Å². The first-order chi connectivity index (χ1) is 9.52. The summed E-state index contributed by atoms with van der Waals surface area (Å²) in [7, 11) is 1.42. The summed E-state index contributed by atoms with van der Waals surface area (Å²) in [6, 6.07) is 3.71. The van der Waals surface area contributed by atoms with Crippen molar-refractivity contribution in [3.05, 3.63) is 28.3 Å². The molecule has 1 aliphatic heterocycles. The van der Waals surface area contributed by atoms with Gasteiger partial charge in [0.2, 0.25) is 0 Å². The van der Waals surface area contributed by atoms with E-state index in [0.29, 0.717) is 24.4 Å². The maximum atomic E-state index is 11.3. The molecule has 0 spiro atoms. The van der Waals surface area contributed by atoms with Crippen LogP contribution in [0.3, 0.4) is 0 Å². The molecule has 1 aromatic rings. The van der Waals surface area contributed by atoms with Gasteiger partial charge < -0.3 is 14.7 Å². The summed E-state index contributed by atoms with van der Waals surface area (Å²) >= 11 is 0. The predicted molar refractivity (Wildman–Crippen MR) is 72.3 cm³/mol. The predicted octanol–water partition coefficient (Wildman–Crippen LogP) is 2.05. The van der Waals surface area contributed by atoms with E-state index in [1.165, 1.54) is 19.2 Å². The number of carbonyl (C=O) groups is 1. The van der Waals surface area contributed by atoms with Gasteiger partial charge in [-0.3, -0.25) is 10.1 Å². The minimum atomic E-state index is -0.907. The Kier molecular flexibility index (Phi) is 4.07. The van der Waals surface area contributed by atoms with Crippen LogP contribution in [0.2, 0.25) is 0 Å². The molecule has 1 N–H and O–H groups in total. The van der Waals surface area contributed by atoms with E-state index in [-0.39, 0.29) is 5.69 Å². The number of benzene rings is 1. The summed E-state index contributed by atoms with van der Waals surface area (Å²) in [6.45, 7) is 0.571. The lowest BCUT2D eigenvalue weighted by Crippen LogP contribution is -2.44. The van der Waals surface area contributed by atoms with Crippen molar-refractivity contribution in [3.8, 4) is 5.75 Å². The van der Waals surface area contributed by atoms with Crippen LogP contribution in [0.25, 0.3) is 0 Å². The number of ether oxygens (including phenoxy) is 1. The highest BCUT2D eigenvalue weighted by atomic mass is 16.6. The topological polar surface area (TPSA) is 92.9 Å². The van der Waals surface area contributed by atoms with Gasteiger partial charge in [-0.05, 0) is 19.3 Å². The maximum absolute atomic E-state index is 11.3. The third kappa shape index (κ3) is 2.81. The van der Waals surface area contributed by atoms with E-state index in [1.807, 2.05) is 0 Å². The Labute approximate surface area is 115 Å². The van der Waals surface area contributed by atoms with Crippen molar-refractivity contribution in [2.24, 2.45) is 0 Å². The number of carboxylic acid groups (broad SMARTS) is 1. The van der Waals surface area contributed by atoms with Crippen molar-refractivity contribution in [2.75, 3.05) is 18.6 Å². The number of anilines is 1. The van der Waals surface area contributed by atoms with Gasteiger partial charge in [0.1, 0.15) is 11.8 Å². The molecular weight excluding hydrogens is 264 g/mol. The summed E-state index contributed by atoms with van der Waals surface area (Å²) < 4.78 is 5.05. The standard InChI is InChI=1S/C13H16N2O5/c1-20-11-7-9(6-10(8-11)15(18)19)14-5-3-2-4-12(14)13(16)17/h6-8,12H,2-5H2,1H3,(H,16,17). The number of nitro benzene ring substituents is 1. The Balaban J connectivity index is 2.41. The molecule has 1 atom stereocenters. The number of rotatable bonds is 4. The Hall–Kier alpha value is -2.31. The fourth-order valence-corrected chi connectivity index (χ4v) is 2.45.